The molecule has 0 heterocycles. The number of carboxylic acid groups (broad SMARTS) is 1. The van der Waals surface area contributed by atoms with E-state index in [0.29, 0.717) is 12.8 Å². The molecule has 0 aliphatic heterocycles. The van der Waals surface area contributed by atoms with E-state index in [4.69, 9.17) is 9.84 Å². The molecular weight excluding hydrogens is 228 g/mol. The second-order valence-electron chi connectivity index (χ2n) is 3.66. The third-order valence-corrected chi connectivity index (χ3v) is 3.35. The topological polar surface area (TPSA) is 63.6 Å². The quantitative estimate of drug-likeness (QED) is 0.405. The van der Waals surface area contributed by atoms with E-state index >= 15 is 0 Å². The first-order valence-corrected chi connectivity index (χ1v) is 6.62. The van der Waals surface area contributed by atoms with Crippen LogP contribution in [0.2, 0.25) is 0 Å². The number of thioether (sulfide) groups is 1. The zero-order chi connectivity index (χ0) is 12.6. The molecule has 0 aromatic carbocycles. The molecule has 0 radical (unpaired) electrons. The maximum absolute atomic E-state index is 11.6. The Morgan fingerprint density at radius 3 is 2.44 bits per heavy atom. The number of carbonyl (C=O) groups excluding carboxylic acids is 1. The minimum Gasteiger partial charge on any atom is -0.480 e. The number of hydrogen-bond donors (Lipinski definition) is 1. The van der Waals surface area contributed by atoms with Crippen molar-refractivity contribution in [2.45, 2.75) is 33.6 Å². The Kier molecular flexibility index (Phi) is 7.21. The number of aliphatic carboxylic acids is 1. The summed E-state index contributed by atoms with van der Waals surface area (Å²) < 4.78 is 4.80. The van der Waals surface area contributed by atoms with Gasteiger partial charge in [0.2, 0.25) is 0 Å². The molecule has 0 aliphatic rings. The normalized spacial score (nSPS) is 14.2. The standard InChI is InChI=1S/C11H20O4S/c1-4-15-10(14)11(3,9(12)13)7-6-8-16-5-2/h4-8H2,1-3H3,(H,12,13). The van der Waals surface area contributed by atoms with Gasteiger partial charge in [-0.3, -0.25) is 9.59 Å². The molecule has 0 saturated heterocycles. The fourth-order valence-corrected chi connectivity index (χ4v) is 1.90. The van der Waals surface area contributed by atoms with Crippen LogP contribution in [0, 0.1) is 5.41 Å². The van der Waals surface area contributed by atoms with Gasteiger partial charge in [-0.05, 0) is 38.2 Å². The minimum atomic E-state index is -1.40. The highest BCUT2D eigenvalue weighted by atomic mass is 32.2. The van der Waals surface area contributed by atoms with Gasteiger partial charge in [-0.25, -0.2) is 0 Å². The Bertz CT molecular complexity index is 242. The average molecular weight is 248 g/mol. The third-order valence-electron chi connectivity index (χ3n) is 2.37. The molecule has 0 bridgehead atoms. The Labute approximate surface area is 101 Å². The molecule has 0 spiro atoms. The zero-order valence-electron chi connectivity index (χ0n) is 10.1. The van der Waals surface area contributed by atoms with Crippen LogP contribution in [0.1, 0.15) is 33.6 Å². The van der Waals surface area contributed by atoms with E-state index in [0.717, 1.165) is 11.5 Å². The van der Waals surface area contributed by atoms with Crippen molar-refractivity contribution in [1.29, 1.82) is 0 Å². The van der Waals surface area contributed by atoms with Crippen LogP contribution in [0.25, 0.3) is 0 Å². The van der Waals surface area contributed by atoms with E-state index in [1.165, 1.54) is 6.92 Å². The van der Waals surface area contributed by atoms with E-state index in [1.54, 1.807) is 18.7 Å². The molecule has 4 nitrogen and oxygen atoms in total. The van der Waals surface area contributed by atoms with E-state index in [-0.39, 0.29) is 6.61 Å². The van der Waals surface area contributed by atoms with Crippen LogP contribution in [0.5, 0.6) is 0 Å². The second-order valence-corrected chi connectivity index (χ2v) is 5.05. The van der Waals surface area contributed by atoms with Crippen molar-refractivity contribution in [3.05, 3.63) is 0 Å². The first-order valence-electron chi connectivity index (χ1n) is 5.47. The van der Waals surface area contributed by atoms with Crippen LogP contribution in [0.4, 0.5) is 0 Å². The molecule has 0 aromatic rings. The lowest BCUT2D eigenvalue weighted by Crippen LogP contribution is -2.38. The van der Waals surface area contributed by atoms with Gasteiger partial charge in [0.15, 0.2) is 5.41 Å². The maximum atomic E-state index is 11.6. The number of esters is 1. The Morgan fingerprint density at radius 2 is 2.00 bits per heavy atom. The van der Waals surface area contributed by atoms with Gasteiger partial charge in [0.05, 0.1) is 6.61 Å². The van der Waals surface area contributed by atoms with Crippen LogP contribution in [0.15, 0.2) is 0 Å². The average Bonchev–Trinajstić information content (AvgIpc) is 2.24. The molecule has 0 saturated carbocycles. The predicted octanol–water partition coefficient (Wildman–Crippen LogP) is 2.17. The molecular formula is C11H20O4S. The third kappa shape index (κ3) is 4.43. The van der Waals surface area contributed by atoms with Gasteiger partial charge in [0, 0.05) is 0 Å². The van der Waals surface area contributed by atoms with E-state index < -0.39 is 17.4 Å². The summed E-state index contributed by atoms with van der Waals surface area (Å²) >= 11 is 1.74. The lowest BCUT2D eigenvalue weighted by atomic mass is 9.86. The summed E-state index contributed by atoms with van der Waals surface area (Å²) in [5, 5.41) is 9.08. The summed E-state index contributed by atoms with van der Waals surface area (Å²) in [7, 11) is 0. The number of ether oxygens (including phenoxy) is 1. The molecule has 1 N–H and O–H groups in total. The van der Waals surface area contributed by atoms with Gasteiger partial charge in [0.25, 0.3) is 0 Å². The molecule has 0 aliphatic carbocycles. The first-order chi connectivity index (χ1) is 7.49. The van der Waals surface area contributed by atoms with E-state index in [2.05, 4.69) is 0 Å². The predicted molar refractivity (Wildman–Crippen MR) is 64.6 cm³/mol. The molecule has 0 amide bonds. The summed E-state index contributed by atoms with van der Waals surface area (Å²) in [6, 6.07) is 0. The van der Waals surface area contributed by atoms with Crippen LogP contribution >= 0.6 is 11.8 Å². The van der Waals surface area contributed by atoms with E-state index in [1.807, 2.05) is 6.92 Å². The molecule has 0 fully saturated rings. The maximum Gasteiger partial charge on any atom is 0.323 e. The largest absolute Gasteiger partial charge is 0.480 e. The van der Waals surface area contributed by atoms with Crippen LogP contribution < -0.4 is 0 Å². The molecule has 94 valence electrons. The number of carbonyl (C=O) groups is 2. The SMILES string of the molecule is CCOC(=O)C(C)(CCCSCC)C(=O)O. The Morgan fingerprint density at radius 1 is 1.38 bits per heavy atom. The van der Waals surface area contributed by atoms with Gasteiger partial charge >= 0.3 is 11.9 Å². The first kappa shape index (κ1) is 15.3. The van der Waals surface area contributed by atoms with Crippen molar-refractivity contribution in [1.82, 2.24) is 0 Å². The van der Waals surface area contributed by atoms with Gasteiger partial charge in [0.1, 0.15) is 0 Å². The summed E-state index contributed by atoms with van der Waals surface area (Å²) in [6.45, 7) is 5.37. The summed E-state index contributed by atoms with van der Waals surface area (Å²) in [6.07, 6.45) is 1.04. The van der Waals surface area contributed by atoms with Gasteiger partial charge in [-0.2, -0.15) is 11.8 Å². The molecule has 1 unspecified atom stereocenters. The highest BCUT2D eigenvalue weighted by Crippen LogP contribution is 2.26. The smallest absolute Gasteiger partial charge is 0.323 e. The lowest BCUT2D eigenvalue weighted by Gasteiger charge is -2.22. The monoisotopic (exact) mass is 248 g/mol. The van der Waals surface area contributed by atoms with Crippen molar-refractivity contribution in [2.24, 2.45) is 5.41 Å². The number of carboxylic acids is 1. The van der Waals surface area contributed by atoms with Crippen molar-refractivity contribution in [3.63, 3.8) is 0 Å². The molecule has 0 rings (SSSR count). The van der Waals surface area contributed by atoms with Gasteiger partial charge < -0.3 is 9.84 Å². The van der Waals surface area contributed by atoms with Crippen LogP contribution in [0.3, 0.4) is 0 Å². The summed E-state index contributed by atoms with van der Waals surface area (Å²) in [5.74, 6) is 0.138. The van der Waals surface area contributed by atoms with Crippen molar-refractivity contribution >= 4 is 23.7 Å². The molecule has 16 heavy (non-hydrogen) atoms. The molecule has 1 atom stereocenters. The highest BCUT2D eigenvalue weighted by molar-refractivity contribution is 7.99. The second kappa shape index (κ2) is 7.54. The van der Waals surface area contributed by atoms with Crippen LogP contribution in [-0.4, -0.2) is 35.2 Å². The number of rotatable bonds is 8. The zero-order valence-corrected chi connectivity index (χ0v) is 10.9. The Hall–Kier alpha value is -0.710. The fraction of sp³-hybridized carbons (Fsp3) is 0.818. The minimum absolute atomic E-state index is 0.214. The molecule has 5 heteroatoms. The Balaban J connectivity index is 4.34. The van der Waals surface area contributed by atoms with Crippen molar-refractivity contribution in [2.75, 3.05) is 18.1 Å². The summed E-state index contributed by atoms with van der Waals surface area (Å²) in [5.41, 5.74) is -1.40. The van der Waals surface area contributed by atoms with Gasteiger partial charge in [-0.1, -0.05) is 6.92 Å². The fourth-order valence-electron chi connectivity index (χ4n) is 1.26. The van der Waals surface area contributed by atoms with Crippen molar-refractivity contribution < 1.29 is 19.4 Å². The van der Waals surface area contributed by atoms with Crippen molar-refractivity contribution in [3.8, 4) is 0 Å². The van der Waals surface area contributed by atoms with Gasteiger partial charge in [-0.15, -0.1) is 0 Å². The number of hydrogen-bond acceptors (Lipinski definition) is 4. The van der Waals surface area contributed by atoms with Crippen LogP contribution in [-0.2, 0) is 14.3 Å². The van der Waals surface area contributed by atoms with E-state index in [9.17, 15) is 9.59 Å². The highest BCUT2D eigenvalue weighted by Gasteiger charge is 2.42. The molecule has 0 aromatic heterocycles. The lowest BCUT2D eigenvalue weighted by molar-refractivity contribution is -0.167. The summed E-state index contributed by atoms with van der Waals surface area (Å²) in [4.78, 5) is 22.7.